The summed E-state index contributed by atoms with van der Waals surface area (Å²) < 4.78 is 39.0. The molecule has 3 N–H and O–H groups in total. The smallest absolute Gasteiger partial charge is 0.276 e. The Labute approximate surface area is 228 Å². The van der Waals surface area contributed by atoms with Crippen LogP contribution in [0.2, 0.25) is 0 Å². The highest BCUT2D eigenvalue weighted by Crippen LogP contribution is 2.61. The van der Waals surface area contributed by atoms with Gasteiger partial charge in [-0.2, -0.15) is 0 Å². The van der Waals surface area contributed by atoms with E-state index >= 15 is 0 Å². The van der Waals surface area contributed by atoms with Crippen LogP contribution < -0.4 is 15.4 Å². The van der Waals surface area contributed by atoms with E-state index in [-0.39, 0.29) is 23.7 Å². The van der Waals surface area contributed by atoms with Crippen molar-refractivity contribution >= 4 is 17.5 Å². The zero-order valence-electron chi connectivity index (χ0n) is 22.1. The second kappa shape index (κ2) is 9.58. The molecule has 4 aromatic rings. The van der Waals surface area contributed by atoms with Gasteiger partial charge in [-0.15, -0.1) is 0 Å². The maximum atomic E-state index is 14.5. The van der Waals surface area contributed by atoms with E-state index in [0.29, 0.717) is 24.1 Å². The minimum Gasteiger partial charge on any atom is -0.493 e. The van der Waals surface area contributed by atoms with E-state index in [2.05, 4.69) is 30.6 Å². The topological polar surface area (TPSA) is 122 Å². The van der Waals surface area contributed by atoms with Crippen molar-refractivity contribution in [3.05, 3.63) is 82.4 Å². The van der Waals surface area contributed by atoms with Crippen LogP contribution in [0.15, 0.2) is 47.2 Å². The summed E-state index contributed by atoms with van der Waals surface area (Å²) in [5.41, 5.74) is 4.72. The third-order valence-electron chi connectivity index (χ3n) is 7.94. The Morgan fingerprint density at radius 2 is 1.80 bits per heavy atom. The highest BCUT2D eigenvalue weighted by Gasteiger charge is 2.58. The molecular weight excluding hydrogens is 520 g/mol. The number of rotatable bonds is 6. The average Bonchev–Trinajstić information content (AvgIpc) is 3.43. The minimum atomic E-state index is -1.16. The van der Waals surface area contributed by atoms with Crippen molar-refractivity contribution in [2.45, 2.75) is 45.6 Å². The summed E-state index contributed by atoms with van der Waals surface area (Å²) in [5.74, 6) is -3.82. The van der Waals surface area contributed by atoms with E-state index in [1.807, 2.05) is 32.2 Å². The summed E-state index contributed by atoms with van der Waals surface area (Å²) in [6.07, 6.45) is 3.34. The molecule has 40 heavy (non-hydrogen) atoms. The van der Waals surface area contributed by atoms with Crippen LogP contribution in [-0.4, -0.2) is 39.8 Å². The van der Waals surface area contributed by atoms with Crippen LogP contribution in [0.4, 0.5) is 14.5 Å². The lowest BCUT2D eigenvalue weighted by atomic mass is 9.75. The van der Waals surface area contributed by atoms with Crippen molar-refractivity contribution in [2.75, 3.05) is 11.9 Å². The van der Waals surface area contributed by atoms with Gasteiger partial charge in [-0.25, -0.2) is 13.4 Å². The molecule has 1 fully saturated rings. The van der Waals surface area contributed by atoms with Gasteiger partial charge in [-0.1, -0.05) is 17.3 Å². The molecule has 9 nitrogen and oxygen atoms in total. The molecule has 206 valence electrons. The van der Waals surface area contributed by atoms with Crippen LogP contribution in [0.1, 0.15) is 51.8 Å². The van der Waals surface area contributed by atoms with E-state index < -0.39 is 40.8 Å². The van der Waals surface area contributed by atoms with Gasteiger partial charge in [-0.3, -0.25) is 9.59 Å². The predicted molar refractivity (Wildman–Crippen MR) is 141 cm³/mol. The lowest BCUT2D eigenvalue weighted by Crippen LogP contribution is -2.52. The number of hydrogen-bond donors (Lipinski definition) is 3. The predicted octanol–water partition coefficient (Wildman–Crippen LogP) is 4.96. The maximum absolute atomic E-state index is 14.5. The second-order valence-electron chi connectivity index (χ2n) is 10.6. The van der Waals surface area contributed by atoms with Crippen LogP contribution in [0.5, 0.6) is 5.75 Å². The van der Waals surface area contributed by atoms with Crippen LogP contribution >= 0.6 is 0 Å². The number of anilines is 1. The number of H-pyrrole nitrogens is 1. The average molecular weight is 548 g/mol. The van der Waals surface area contributed by atoms with Gasteiger partial charge in [0.1, 0.15) is 17.5 Å². The second-order valence-corrected chi connectivity index (χ2v) is 10.6. The number of carbonyl (C=O) groups excluding carboxylic acids is 2. The van der Waals surface area contributed by atoms with Crippen LogP contribution in [0, 0.1) is 37.8 Å². The van der Waals surface area contributed by atoms with Gasteiger partial charge in [0.2, 0.25) is 5.91 Å². The molecule has 6 rings (SSSR count). The lowest BCUT2D eigenvalue weighted by Gasteiger charge is -2.38. The molecule has 3 heterocycles. The van der Waals surface area contributed by atoms with Gasteiger partial charge in [0.25, 0.3) is 5.91 Å². The number of hydrogen-bond acceptors (Lipinski definition) is 6. The molecule has 2 aromatic heterocycles. The summed E-state index contributed by atoms with van der Waals surface area (Å²) in [5, 5.41) is 13.0. The Kier molecular flexibility index (Phi) is 6.16. The van der Waals surface area contributed by atoms with Crippen LogP contribution in [0.3, 0.4) is 0 Å². The number of fused-ring (bicyclic) bond motifs is 1. The highest BCUT2D eigenvalue weighted by molar-refractivity contribution is 6.01. The number of nitrogens with one attached hydrogen (secondary N) is 3. The Morgan fingerprint density at radius 1 is 1.07 bits per heavy atom. The molecule has 11 heteroatoms. The fraction of sp³-hybridized carbons (Fsp3) is 0.310. The number of carbonyl (C=O) groups is 2. The van der Waals surface area contributed by atoms with E-state index in [1.54, 1.807) is 19.1 Å². The number of halogens is 2. The molecule has 1 unspecified atom stereocenters. The maximum Gasteiger partial charge on any atom is 0.276 e. The van der Waals surface area contributed by atoms with Crippen LogP contribution in [0.25, 0.3) is 11.1 Å². The van der Waals surface area contributed by atoms with Gasteiger partial charge in [0.15, 0.2) is 17.3 Å². The molecule has 0 saturated heterocycles. The monoisotopic (exact) mass is 547 g/mol. The van der Waals surface area contributed by atoms with Crippen molar-refractivity contribution in [2.24, 2.45) is 5.41 Å². The number of ether oxygens (including phenoxy) is 1. The molecule has 1 aliphatic carbocycles. The molecule has 0 radical (unpaired) electrons. The zero-order valence-corrected chi connectivity index (χ0v) is 22.1. The van der Waals surface area contributed by atoms with E-state index in [0.717, 1.165) is 34.5 Å². The Bertz CT molecular complexity index is 1600. The van der Waals surface area contributed by atoms with Gasteiger partial charge in [0.05, 0.1) is 6.61 Å². The van der Waals surface area contributed by atoms with Crippen molar-refractivity contribution in [3.8, 4) is 16.9 Å². The van der Waals surface area contributed by atoms with Gasteiger partial charge >= 0.3 is 0 Å². The molecule has 1 spiro atoms. The van der Waals surface area contributed by atoms with E-state index in [1.165, 1.54) is 0 Å². The van der Waals surface area contributed by atoms with Gasteiger partial charge < -0.3 is 20.4 Å². The van der Waals surface area contributed by atoms with Gasteiger partial charge in [-0.05, 0) is 68.1 Å². The first-order chi connectivity index (χ1) is 19.2. The van der Waals surface area contributed by atoms with E-state index in [4.69, 9.17) is 4.74 Å². The Morgan fingerprint density at radius 3 is 2.42 bits per heavy atom. The summed E-state index contributed by atoms with van der Waals surface area (Å²) in [4.78, 5) is 30.3. The summed E-state index contributed by atoms with van der Waals surface area (Å²) in [6.45, 7) is 5.78. The molecule has 1 saturated carbocycles. The fourth-order valence-electron chi connectivity index (χ4n) is 5.69. The number of aryl methyl sites for hydroxylation is 3. The highest BCUT2D eigenvalue weighted by atomic mass is 19.2. The minimum absolute atomic E-state index is 0.0678. The third kappa shape index (κ3) is 4.41. The Hall–Kier alpha value is -4.54. The molecule has 0 bridgehead atoms. The van der Waals surface area contributed by atoms with Gasteiger partial charge in [0, 0.05) is 46.1 Å². The first-order valence-electron chi connectivity index (χ1n) is 12.9. The largest absolute Gasteiger partial charge is 0.493 e. The molecule has 2 atom stereocenters. The normalized spacial score (nSPS) is 17.6. The van der Waals surface area contributed by atoms with Crippen molar-refractivity contribution in [1.82, 2.24) is 20.6 Å². The third-order valence-corrected chi connectivity index (χ3v) is 7.94. The molecule has 1 aliphatic heterocycles. The van der Waals surface area contributed by atoms with Crippen molar-refractivity contribution < 1.29 is 27.7 Å². The molecular formula is C29H27F2N5O4. The lowest BCUT2D eigenvalue weighted by molar-refractivity contribution is -0.119. The summed E-state index contributed by atoms with van der Waals surface area (Å²) in [6, 6.07) is 8.25. The fourth-order valence-corrected chi connectivity index (χ4v) is 5.69. The molecule has 2 amide bonds. The SMILES string of the molecule is Cc1c[nH]c(C)c1-c1ccc(NC(=O)[C@@H](NC(=O)c2nonc2C)C2c3cc(F)c(F)cc3OCC23CC3)cc1. The number of aromatic nitrogens is 3. The summed E-state index contributed by atoms with van der Waals surface area (Å²) >= 11 is 0. The van der Waals surface area contributed by atoms with Crippen LogP contribution in [-0.2, 0) is 4.79 Å². The first kappa shape index (κ1) is 25.7. The zero-order chi connectivity index (χ0) is 28.2. The van der Waals surface area contributed by atoms with Crippen molar-refractivity contribution in [3.63, 3.8) is 0 Å². The standard InChI is InChI=1S/C29H27F2N5O4/c1-14-12-32-15(2)23(14)17-4-6-18(7-5-17)33-28(38)26(34-27(37)25-16(3)35-40-36-25)24-19-10-20(30)21(31)11-22(19)39-13-29(24)8-9-29/h4-7,10-12,24,26,32H,8-9,13H2,1-3H3,(H,33,38)(H,34,37)/t24?,26-/m0/s1. The van der Waals surface area contributed by atoms with E-state index in [9.17, 15) is 18.4 Å². The number of nitrogens with zero attached hydrogens (tertiary/aromatic N) is 2. The quantitative estimate of drug-likeness (QED) is 0.314. The Balaban J connectivity index is 1.35. The molecule has 2 aromatic carbocycles. The first-order valence-corrected chi connectivity index (χ1v) is 12.9. The number of benzene rings is 2. The number of amides is 2. The summed E-state index contributed by atoms with van der Waals surface area (Å²) in [7, 11) is 0. The molecule has 2 aliphatic rings. The number of aromatic amines is 1. The van der Waals surface area contributed by atoms with Crippen molar-refractivity contribution in [1.29, 1.82) is 0 Å².